The second-order valence-corrected chi connectivity index (χ2v) is 8.87. The second-order valence-electron chi connectivity index (χ2n) is 8.87. The highest BCUT2D eigenvalue weighted by molar-refractivity contribution is 5.83. The monoisotopic (exact) mass is 443 g/mol. The van der Waals surface area contributed by atoms with Crippen LogP contribution < -0.4 is 25.8 Å². The average molecular weight is 444 g/mol. The van der Waals surface area contributed by atoms with E-state index in [-0.39, 0.29) is 37.4 Å². The molecule has 32 heavy (non-hydrogen) atoms. The first-order valence-corrected chi connectivity index (χ1v) is 11.3. The summed E-state index contributed by atoms with van der Waals surface area (Å²) in [6.45, 7) is 12.9. The third kappa shape index (κ3) is 4.90. The summed E-state index contributed by atoms with van der Waals surface area (Å²) in [5, 5.41) is 27.3. The van der Waals surface area contributed by atoms with Crippen molar-refractivity contribution < 1.29 is 10.2 Å². The highest BCUT2D eigenvalue weighted by Crippen LogP contribution is 2.42. The average Bonchev–Trinajstić information content (AvgIpc) is 3.16. The smallest absolute Gasteiger partial charge is 0.229 e. The fourth-order valence-corrected chi connectivity index (χ4v) is 3.78. The Kier molecular flexibility index (Phi) is 7.76. The summed E-state index contributed by atoms with van der Waals surface area (Å²) in [4.78, 5) is 11.8. The highest BCUT2D eigenvalue weighted by Gasteiger charge is 2.36. The SMILES string of the molecule is CC(C)N(CCO)c1nc(N[C@@H](CO)c2ccccc2)c2c(n1)N(C(C)C)NN2C(C)C. The van der Waals surface area contributed by atoms with Crippen LogP contribution >= 0.6 is 0 Å². The minimum absolute atomic E-state index is 0.00886. The van der Waals surface area contributed by atoms with Gasteiger partial charge in [-0.3, -0.25) is 10.0 Å². The number of aliphatic hydroxyl groups excluding tert-OH is 2. The van der Waals surface area contributed by atoms with Gasteiger partial charge in [0.15, 0.2) is 11.6 Å². The van der Waals surface area contributed by atoms with Gasteiger partial charge in [-0.1, -0.05) is 30.3 Å². The molecule has 3 rings (SSSR count). The first-order valence-electron chi connectivity index (χ1n) is 11.3. The summed E-state index contributed by atoms with van der Waals surface area (Å²) in [6, 6.07) is 9.94. The van der Waals surface area contributed by atoms with Crippen LogP contribution in [-0.4, -0.2) is 58.1 Å². The molecule has 0 saturated heterocycles. The third-order valence-corrected chi connectivity index (χ3v) is 5.49. The molecule has 1 aliphatic rings. The number of hydrogen-bond donors (Lipinski definition) is 4. The van der Waals surface area contributed by atoms with Crippen molar-refractivity contribution in [1.29, 1.82) is 0 Å². The lowest BCUT2D eigenvalue weighted by Crippen LogP contribution is -2.50. The quantitative estimate of drug-likeness (QED) is 0.442. The number of nitrogens with one attached hydrogen (secondary N) is 2. The Morgan fingerprint density at radius 2 is 1.62 bits per heavy atom. The van der Waals surface area contributed by atoms with E-state index in [1.807, 2.05) is 45.2 Å². The number of aromatic nitrogens is 2. The molecule has 4 N–H and O–H groups in total. The van der Waals surface area contributed by atoms with Gasteiger partial charge >= 0.3 is 0 Å². The molecule has 0 radical (unpaired) electrons. The van der Waals surface area contributed by atoms with E-state index in [0.29, 0.717) is 18.3 Å². The van der Waals surface area contributed by atoms with Gasteiger partial charge in [0.25, 0.3) is 0 Å². The molecule has 0 amide bonds. The summed E-state index contributed by atoms with van der Waals surface area (Å²) in [7, 11) is 0. The second kappa shape index (κ2) is 10.3. The Hall–Kier alpha value is -2.62. The number of rotatable bonds is 10. The zero-order valence-electron chi connectivity index (χ0n) is 19.9. The molecule has 9 nitrogen and oxygen atoms in total. The molecule has 0 saturated carbocycles. The first kappa shape index (κ1) is 24.0. The lowest BCUT2D eigenvalue weighted by atomic mass is 10.1. The maximum Gasteiger partial charge on any atom is 0.229 e. The van der Waals surface area contributed by atoms with Gasteiger partial charge in [0, 0.05) is 24.7 Å². The highest BCUT2D eigenvalue weighted by atomic mass is 16.3. The third-order valence-electron chi connectivity index (χ3n) is 5.49. The largest absolute Gasteiger partial charge is 0.395 e. The molecular formula is C23H37N7O2. The number of aliphatic hydroxyl groups is 2. The van der Waals surface area contributed by atoms with Gasteiger partial charge in [0.2, 0.25) is 5.95 Å². The Morgan fingerprint density at radius 1 is 0.969 bits per heavy atom. The lowest BCUT2D eigenvalue weighted by Gasteiger charge is -2.29. The molecule has 2 heterocycles. The summed E-state index contributed by atoms with van der Waals surface area (Å²) < 4.78 is 0. The Labute approximate surface area is 191 Å². The van der Waals surface area contributed by atoms with Crippen LogP contribution in [0.1, 0.15) is 53.1 Å². The molecule has 0 spiro atoms. The van der Waals surface area contributed by atoms with Crippen molar-refractivity contribution >= 4 is 23.3 Å². The first-order chi connectivity index (χ1) is 15.3. The minimum atomic E-state index is -0.324. The lowest BCUT2D eigenvalue weighted by molar-refractivity contribution is 0.276. The van der Waals surface area contributed by atoms with Crippen LogP contribution in [0.5, 0.6) is 0 Å². The van der Waals surface area contributed by atoms with Crippen molar-refractivity contribution in [2.24, 2.45) is 0 Å². The van der Waals surface area contributed by atoms with E-state index in [4.69, 9.17) is 9.97 Å². The van der Waals surface area contributed by atoms with Gasteiger partial charge in [0.1, 0.15) is 5.69 Å². The van der Waals surface area contributed by atoms with Crippen molar-refractivity contribution in [1.82, 2.24) is 15.5 Å². The number of nitrogens with zero attached hydrogens (tertiary/aromatic N) is 5. The van der Waals surface area contributed by atoms with Crippen LogP contribution in [0.2, 0.25) is 0 Å². The number of anilines is 4. The van der Waals surface area contributed by atoms with E-state index in [9.17, 15) is 10.2 Å². The Balaban J connectivity index is 2.16. The molecular weight excluding hydrogens is 406 g/mol. The number of hydrazine groups is 2. The summed E-state index contributed by atoms with van der Waals surface area (Å²) in [6.07, 6.45) is 0. The van der Waals surface area contributed by atoms with Crippen LogP contribution in [0.4, 0.5) is 23.3 Å². The van der Waals surface area contributed by atoms with Crippen molar-refractivity contribution in [3.05, 3.63) is 35.9 Å². The minimum Gasteiger partial charge on any atom is -0.395 e. The van der Waals surface area contributed by atoms with E-state index in [2.05, 4.69) is 52.4 Å². The summed E-state index contributed by atoms with van der Waals surface area (Å²) in [5.41, 5.74) is 5.27. The van der Waals surface area contributed by atoms with Gasteiger partial charge in [0.05, 0.1) is 19.3 Å². The van der Waals surface area contributed by atoms with Gasteiger partial charge in [-0.05, 0) is 47.1 Å². The molecule has 9 heteroatoms. The number of fused-ring (bicyclic) bond motifs is 1. The normalized spacial score (nSPS) is 14.5. The number of benzene rings is 1. The molecule has 1 aromatic carbocycles. The standard InChI is InChI=1S/C23H37N7O2/c1-15(2)28(12-13-31)23-25-21(24-19(14-32)18-10-8-7-9-11-18)20-22(26-23)30(17(5)6)27-29(20)16(3)4/h7-11,15-17,19,27,31-32H,12-14H2,1-6H3,(H,24,25,26)/t19-/m0/s1. The zero-order chi connectivity index (χ0) is 23.4. The van der Waals surface area contributed by atoms with Crippen LogP contribution in [0, 0.1) is 0 Å². The maximum atomic E-state index is 10.2. The van der Waals surface area contributed by atoms with E-state index in [1.54, 1.807) is 0 Å². The Bertz CT molecular complexity index is 876. The fourth-order valence-electron chi connectivity index (χ4n) is 3.78. The molecule has 1 atom stereocenters. The molecule has 0 unspecified atom stereocenters. The predicted molar refractivity (Wildman–Crippen MR) is 130 cm³/mol. The molecule has 2 aromatic rings. The van der Waals surface area contributed by atoms with Crippen molar-refractivity contribution in [2.45, 2.75) is 65.7 Å². The van der Waals surface area contributed by atoms with E-state index in [0.717, 1.165) is 17.1 Å². The van der Waals surface area contributed by atoms with Crippen molar-refractivity contribution in [3.63, 3.8) is 0 Å². The molecule has 0 fully saturated rings. The molecule has 176 valence electrons. The van der Waals surface area contributed by atoms with Gasteiger partial charge in [-0.15, -0.1) is 5.53 Å². The maximum absolute atomic E-state index is 10.2. The van der Waals surface area contributed by atoms with Crippen LogP contribution in [0.15, 0.2) is 30.3 Å². The van der Waals surface area contributed by atoms with Crippen LogP contribution in [0.25, 0.3) is 0 Å². The van der Waals surface area contributed by atoms with Gasteiger partial charge in [-0.25, -0.2) is 0 Å². The zero-order valence-corrected chi connectivity index (χ0v) is 19.9. The summed E-state index contributed by atoms with van der Waals surface area (Å²) in [5.74, 6) is 1.95. The van der Waals surface area contributed by atoms with Gasteiger partial charge < -0.3 is 20.4 Å². The van der Waals surface area contributed by atoms with E-state index >= 15 is 0 Å². The fraction of sp³-hybridized carbons (Fsp3) is 0.565. The van der Waals surface area contributed by atoms with Crippen molar-refractivity contribution in [3.8, 4) is 0 Å². The predicted octanol–water partition coefficient (Wildman–Crippen LogP) is 2.69. The topological polar surface area (TPSA) is 100 Å². The van der Waals surface area contributed by atoms with E-state index < -0.39 is 0 Å². The molecule has 0 bridgehead atoms. The van der Waals surface area contributed by atoms with Crippen LogP contribution in [0.3, 0.4) is 0 Å². The van der Waals surface area contributed by atoms with Crippen LogP contribution in [-0.2, 0) is 0 Å². The number of hydrogen-bond acceptors (Lipinski definition) is 9. The van der Waals surface area contributed by atoms with Gasteiger partial charge in [-0.2, -0.15) is 9.97 Å². The molecule has 0 aliphatic carbocycles. The van der Waals surface area contributed by atoms with Crippen molar-refractivity contribution in [2.75, 3.05) is 40.0 Å². The molecule has 1 aliphatic heterocycles. The molecule has 1 aromatic heterocycles. The summed E-state index contributed by atoms with van der Waals surface area (Å²) >= 11 is 0. The Morgan fingerprint density at radius 3 is 2.16 bits per heavy atom. The van der Waals surface area contributed by atoms with E-state index in [1.165, 1.54) is 0 Å².